The molecular formula is C21H20NO6-. The first-order valence-corrected chi connectivity index (χ1v) is 9.19. The number of nitrogens with zero attached hydrogens (tertiary/aromatic N) is 1. The molecule has 1 aromatic carbocycles. The van der Waals surface area contributed by atoms with Crippen LogP contribution >= 0.6 is 0 Å². The van der Waals surface area contributed by atoms with Crippen LogP contribution in [0.1, 0.15) is 54.7 Å². The number of carboxylic acids is 1. The number of aryl methyl sites for hydroxylation is 1. The molecule has 0 N–H and O–H groups in total. The molecule has 3 rings (SSSR count). The van der Waals surface area contributed by atoms with E-state index in [0.717, 1.165) is 12.0 Å². The van der Waals surface area contributed by atoms with E-state index >= 15 is 0 Å². The smallest absolute Gasteiger partial charge is 0.340 e. The van der Waals surface area contributed by atoms with Gasteiger partial charge >= 0.3 is 5.97 Å². The van der Waals surface area contributed by atoms with Crippen molar-refractivity contribution in [3.05, 3.63) is 51.3 Å². The molecule has 3 aromatic rings. The maximum absolute atomic E-state index is 13.0. The lowest BCUT2D eigenvalue weighted by molar-refractivity contribution is -0.308. The standard InChI is InChI=1S/C21H21NO6/c1-4-11-7-8-16-13(9-11)18(23)15-10-14(21(26)27-6-3)17(22-19(15)28-16)12(5-2)20(24)25/h7-10,12H,4-6H2,1-3H3,(H,24,25)/p-1. The molecule has 0 radical (unpaired) electrons. The molecule has 7 heteroatoms. The molecule has 0 spiro atoms. The van der Waals surface area contributed by atoms with Crippen LogP contribution in [0.25, 0.3) is 22.1 Å². The number of carbonyl (C=O) groups is 2. The average molecular weight is 382 g/mol. The highest BCUT2D eigenvalue weighted by atomic mass is 16.5. The highest BCUT2D eigenvalue weighted by Crippen LogP contribution is 2.27. The number of aliphatic carboxylic acids is 1. The summed E-state index contributed by atoms with van der Waals surface area (Å²) in [5.74, 6) is -3.24. The Kier molecular flexibility index (Phi) is 5.44. The fourth-order valence-electron chi connectivity index (χ4n) is 3.17. The van der Waals surface area contributed by atoms with E-state index in [1.807, 2.05) is 13.0 Å². The first-order chi connectivity index (χ1) is 13.4. The van der Waals surface area contributed by atoms with Gasteiger partial charge in [0.1, 0.15) is 5.58 Å². The zero-order chi connectivity index (χ0) is 20.4. The second-order valence-corrected chi connectivity index (χ2v) is 6.39. The van der Waals surface area contributed by atoms with E-state index in [4.69, 9.17) is 9.15 Å². The fraction of sp³-hybridized carbons (Fsp3) is 0.333. The SMILES string of the molecule is CCOC(=O)c1cc2c(=O)c3cc(CC)ccc3oc2nc1C(CC)C(=O)[O-]. The van der Waals surface area contributed by atoms with Crippen molar-refractivity contribution < 1.29 is 23.8 Å². The summed E-state index contributed by atoms with van der Waals surface area (Å²) >= 11 is 0. The number of carboxylic acid groups (broad SMARTS) is 1. The van der Waals surface area contributed by atoms with Crippen molar-refractivity contribution in [3.8, 4) is 0 Å². The molecule has 2 aromatic heterocycles. The Balaban J connectivity index is 2.37. The van der Waals surface area contributed by atoms with Crippen LogP contribution in [-0.4, -0.2) is 23.5 Å². The molecule has 7 nitrogen and oxygen atoms in total. The highest BCUT2D eigenvalue weighted by Gasteiger charge is 2.25. The second kappa shape index (κ2) is 7.80. The van der Waals surface area contributed by atoms with Crippen molar-refractivity contribution >= 4 is 34.0 Å². The van der Waals surface area contributed by atoms with Crippen LogP contribution in [-0.2, 0) is 16.0 Å². The topological polar surface area (TPSA) is 110 Å². The van der Waals surface area contributed by atoms with Gasteiger partial charge in [0.15, 0.2) is 0 Å². The van der Waals surface area contributed by atoms with Gasteiger partial charge in [0.2, 0.25) is 11.1 Å². The number of benzene rings is 1. The first-order valence-electron chi connectivity index (χ1n) is 9.19. The molecule has 0 saturated carbocycles. The molecule has 0 aliphatic rings. The summed E-state index contributed by atoms with van der Waals surface area (Å²) in [7, 11) is 0. The molecule has 28 heavy (non-hydrogen) atoms. The number of aromatic nitrogens is 1. The van der Waals surface area contributed by atoms with Gasteiger partial charge in [-0.05, 0) is 43.5 Å². The van der Waals surface area contributed by atoms with Crippen LogP contribution in [0.4, 0.5) is 0 Å². The van der Waals surface area contributed by atoms with E-state index in [1.165, 1.54) is 6.07 Å². The fourth-order valence-corrected chi connectivity index (χ4v) is 3.17. The van der Waals surface area contributed by atoms with Crippen molar-refractivity contribution in [2.45, 2.75) is 39.5 Å². The Morgan fingerprint density at radius 1 is 1.18 bits per heavy atom. The predicted octanol–water partition coefficient (Wildman–Crippen LogP) is 2.32. The minimum atomic E-state index is -1.37. The zero-order valence-corrected chi connectivity index (χ0v) is 15.9. The monoisotopic (exact) mass is 382 g/mol. The van der Waals surface area contributed by atoms with Gasteiger partial charge in [-0.3, -0.25) is 4.79 Å². The lowest BCUT2D eigenvalue weighted by Gasteiger charge is -2.18. The maximum Gasteiger partial charge on any atom is 0.340 e. The largest absolute Gasteiger partial charge is 0.549 e. The van der Waals surface area contributed by atoms with E-state index in [0.29, 0.717) is 11.0 Å². The number of rotatable bonds is 6. The molecule has 0 aliphatic carbocycles. The Hall–Kier alpha value is -3.22. The quantitative estimate of drug-likeness (QED) is 0.475. The lowest BCUT2D eigenvalue weighted by Crippen LogP contribution is -2.31. The van der Waals surface area contributed by atoms with Gasteiger partial charge in [0.25, 0.3) is 0 Å². The second-order valence-electron chi connectivity index (χ2n) is 6.39. The summed E-state index contributed by atoms with van der Waals surface area (Å²) in [5.41, 5.74) is 0.864. The molecule has 0 amide bonds. The summed E-state index contributed by atoms with van der Waals surface area (Å²) in [4.78, 5) is 41.2. The van der Waals surface area contributed by atoms with Crippen LogP contribution < -0.4 is 10.5 Å². The number of esters is 1. The number of carbonyl (C=O) groups excluding carboxylic acids is 2. The molecule has 1 unspecified atom stereocenters. The van der Waals surface area contributed by atoms with Gasteiger partial charge < -0.3 is 19.1 Å². The van der Waals surface area contributed by atoms with Gasteiger partial charge in [-0.25, -0.2) is 9.78 Å². The van der Waals surface area contributed by atoms with Crippen molar-refractivity contribution in [2.24, 2.45) is 0 Å². The molecule has 0 saturated heterocycles. The molecule has 2 heterocycles. The number of hydrogen-bond acceptors (Lipinski definition) is 7. The van der Waals surface area contributed by atoms with Crippen LogP contribution in [0, 0.1) is 0 Å². The summed E-state index contributed by atoms with van der Waals surface area (Å²) in [6.07, 6.45) is 0.910. The predicted molar refractivity (Wildman–Crippen MR) is 101 cm³/mol. The minimum Gasteiger partial charge on any atom is -0.549 e. The number of fused-ring (bicyclic) bond motifs is 2. The van der Waals surface area contributed by atoms with Gasteiger partial charge in [0, 0.05) is 5.92 Å². The van der Waals surface area contributed by atoms with E-state index in [9.17, 15) is 19.5 Å². The van der Waals surface area contributed by atoms with E-state index in [-0.39, 0.29) is 40.8 Å². The van der Waals surface area contributed by atoms with Crippen LogP contribution in [0.5, 0.6) is 0 Å². The van der Waals surface area contributed by atoms with Gasteiger partial charge in [-0.15, -0.1) is 0 Å². The Morgan fingerprint density at radius 2 is 1.93 bits per heavy atom. The zero-order valence-electron chi connectivity index (χ0n) is 15.9. The van der Waals surface area contributed by atoms with E-state index in [2.05, 4.69) is 4.98 Å². The van der Waals surface area contributed by atoms with Gasteiger partial charge in [0.05, 0.1) is 34.6 Å². The van der Waals surface area contributed by atoms with Crippen molar-refractivity contribution in [2.75, 3.05) is 6.61 Å². The highest BCUT2D eigenvalue weighted by molar-refractivity contribution is 5.98. The molecule has 0 aliphatic heterocycles. The Bertz CT molecular complexity index is 1130. The average Bonchev–Trinajstić information content (AvgIpc) is 2.68. The molecule has 1 atom stereocenters. The van der Waals surface area contributed by atoms with Crippen molar-refractivity contribution in [1.82, 2.24) is 4.98 Å². The lowest BCUT2D eigenvalue weighted by atomic mass is 9.96. The molecule has 0 fully saturated rings. The summed E-state index contributed by atoms with van der Waals surface area (Å²) in [6.45, 7) is 5.35. The number of ether oxygens (including phenoxy) is 1. The van der Waals surface area contributed by atoms with E-state index < -0.39 is 17.9 Å². The molecule has 0 bridgehead atoms. The van der Waals surface area contributed by atoms with E-state index in [1.54, 1.807) is 26.0 Å². The Morgan fingerprint density at radius 3 is 2.54 bits per heavy atom. The summed E-state index contributed by atoms with van der Waals surface area (Å²) < 4.78 is 10.8. The first kappa shape index (κ1) is 19.5. The third kappa shape index (κ3) is 3.35. The third-order valence-corrected chi connectivity index (χ3v) is 4.68. The van der Waals surface area contributed by atoms with Gasteiger partial charge in [-0.2, -0.15) is 0 Å². The summed E-state index contributed by atoms with van der Waals surface area (Å²) in [6, 6.07) is 6.59. The number of hydrogen-bond donors (Lipinski definition) is 0. The molecular weight excluding hydrogens is 362 g/mol. The van der Waals surface area contributed by atoms with Crippen molar-refractivity contribution in [3.63, 3.8) is 0 Å². The maximum atomic E-state index is 13.0. The normalized spacial score (nSPS) is 12.2. The van der Waals surface area contributed by atoms with Crippen LogP contribution in [0.15, 0.2) is 33.5 Å². The number of pyridine rings is 1. The summed E-state index contributed by atoms with van der Waals surface area (Å²) in [5, 5.41) is 12.0. The minimum absolute atomic E-state index is 0.0236. The molecule has 146 valence electrons. The third-order valence-electron chi connectivity index (χ3n) is 4.68. The van der Waals surface area contributed by atoms with Crippen molar-refractivity contribution in [1.29, 1.82) is 0 Å². The van der Waals surface area contributed by atoms with Crippen LogP contribution in [0.2, 0.25) is 0 Å². The van der Waals surface area contributed by atoms with Gasteiger partial charge in [-0.1, -0.05) is 19.9 Å². The Labute approximate surface area is 160 Å². The van der Waals surface area contributed by atoms with Crippen LogP contribution in [0.3, 0.4) is 0 Å².